The fourth-order valence-corrected chi connectivity index (χ4v) is 3.03. The molecule has 0 bridgehead atoms. The summed E-state index contributed by atoms with van der Waals surface area (Å²) in [5.41, 5.74) is -0.575. The predicted molar refractivity (Wildman–Crippen MR) is 60.8 cm³/mol. The fraction of sp³-hybridized carbons (Fsp3) is 0.750. The fourth-order valence-electron chi connectivity index (χ4n) is 3.03. The first kappa shape index (κ1) is 12.9. The number of carboxylic acid groups (broad SMARTS) is 2. The quantitative estimate of drug-likeness (QED) is 0.762. The highest BCUT2D eigenvalue weighted by atomic mass is 16.4. The van der Waals surface area contributed by atoms with Crippen molar-refractivity contribution in [3.05, 3.63) is 0 Å². The molecule has 1 saturated heterocycles. The largest absolute Gasteiger partial charge is 0.481 e. The smallest absolute Gasteiger partial charge is 0.326 e. The standard InChI is InChI=1S/C12H17NO5/c1-12(2)7(8(12)11(17)18)9(14)13-5-3-4-6(13)10(15)16/h6-8H,3-5H2,1-2H3,(H,15,16)(H,17,18)/t6-,7+,8-/m0/s1. The molecule has 0 aromatic heterocycles. The minimum absolute atomic E-state index is 0.322. The predicted octanol–water partition coefficient (Wildman–Crippen LogP) is 0.419. The van der Waals surface area contributed by atoms with Gasteiger partial charge >= 0.3 is 11.9 Å². The monoisotopic (exact) mass is 255 g/mol. The maximum Gasteiger partial charge on any atom is 0.326 e. The Kier molecular flexibility index (Phi) is 2.83. The van der Waals surface area contributed by atoms with Crippen molar-refractivity contribution in [2.45, 2.75) is 32.7 Å². The lowest BCUT2D eigenvalue weighted by atomic mass is 10.1. The second kappa shape index (κ2) is 3.96. The van der Waals surface area contributed by atoms with Gasteiger partial charge in [-0.2, -0.15) is 0 Å². The van der Waals surface area contributed by atoms with Crippen molar-refractivity contribution in [2.24, 2.45) is 17.3 Å². The maximum atomic E-state index is 12.3. The van der Waals surface area contributed by atoms with Crippen LogP contribution in [-0.2, 0) is 14.4 Å². The Morgan fingerprint density at radius 1 is 1.11 bits per heavy atom. The molecule has 1 saturated carbocycles. The van der Waals surface area contributed by atoms with Crippen molar-refractivity contribution in [1.29, 1.82) is 0 Å². The van der Waals surface area contributed by atoms with Gasteiger partial charge < -0.3 is 15.1 Å². The van der Waals surface area contributed by atoms with Crippen LogP contribution < -0.4 is 0 Å². The normalized spacial score (nSPS) is 33.2. The Hall–Kier alpha value is -1.59. The molecule has 0 spiro atoms. The van der Waals surface area contributed by atoms with Crippen LogP contribution in [0.3, 0.4) is 0 Å². The topological polar surface area (TPSA) is 94.9 Å². The first-order chi connectivity index (χ1) is 8.28. The van der Waals surface area contributed by atoms with E-state index in [0.717, 1.165) is 0 Å². The Morgan fingerprint density at radius 3 is 2.17 bits per heavy atom. The second-order valence-electron chi connectivity index (χ2n) is 5.64. The highest BCUT2D eigenvalue weighted by Crippen LogP contribution is 2.59. The highest BCUT2D eigenvalue weighted by molar-refractivity contribution is 5.94. The van der Waals surface area contributed by atoms with E-state index in [-0.39, 0.29) is 5.91 Å². The van der Waals surface area contributed by atoms with Gasteiger partial charge in [0.1, 0.15) is 6.04 Å². The molecule has 1 aliphatic heterocycles. The van der Waals surface area contributed by atoms with Crippen LogP contribution in [0.5, 0.6) is 0 Å². The molecular formula is C12H17NO5. The van der Waals surface area contributed by atoms with E-state index in [9.17, 15) is 14.4 Å². The molecule has 2 N–H and O–H groups in total. The number of carbonyl (C=O) groups excluding carboxylic acids is 1. The zero-order valence-electron chi connectivity index (χ0n) is 10.4. The number of nitrogens with zero attached hydrogens (tertiary/aromatic N) is 1. The molecule has 2 aliphatic rings. The Balaban J connectivity index is 2.14. The van der Waals surface area contributed by atoms with Gasteiger partial charge in [-0.15, -0.1) is 0 Å². The minimum atomic E-state index is -1.01. The molecule has 2 rings (SSSR count). The van der Waals surface area contributed by atoms with Crippen LogP contribution >= 0.6 is 0 Å². The summed E-state index contributed by atoms with van der Waals surface area (Å²) in [6.45, 7) is 3.88. The average Bonchev–Trinajstić information content (AvgIpc) is 2.64. The van der Waals surface area contributed by atoms with E-state index in [4.69, 9.17) is 10.2 Å². The molecule has 2 fully saturated rings. The van der Waals surface area contributed by atoms with Gasteiger partial charge in [-0.1, -0.05) is 13.8 Å². The van der Waals surface area contributed by atoms with Gasteiger partial charge in [0.05, 0.1) is 11.8 Å². The summed E-state index contributed by atoms with van der Waals surface area (Å²) in [5.74, 6) is -3.59. The molecule has 0 radical (unpaired) electrons. The lowest BCUT2D eigenvalue weighted by Gasteiger charge is -2.22. The number of hydrogen-bond acceptors (Lipinski definition) is 3. The third kappa shape index (κ3) is 1.76. The van der Waals surface area contributed by atoms with Crippen molar-refractivity contribution < 1.29 is 24.6 Å². The molecule has 1 heterocycles. The van der Waals surface area contributed by atoms with Crippen LogP contribution in [0.15, 0.2) is 0 Å². The summed E-state index contributed by atoms with van der Waals surface area (Å²) in [4.78, 5) is 35.6. The van der Waals surface area contributed by atoms with E-state index in [1.807, 2.05) is 0 Å². The first-order valence-corrected chi connectivity index (χ1v) is 6.04. The molecule has 0 aromatic carbocycles. The summed E-state index contributed by atoms with van der Waals surface area (Å²) in [7, 11) is 0. The van der Waals surface area contributed by atoms with Crippen LogP contribution in [0.25, 0.3) is 0 Å². The second-order valence-corrected chi connectivity index (χ2v) is 5.64. The number of amides is 1. The SMILES string of the molecule is CC1(C)[C@H](C(=O)O)[C@@H]1C(=O)N1CCC[C@H]1C(=O)O. The van der Waals surface area contributed by atoms with Crippen molar-refractivity contribution in [2.75, 3.05) is 6.54 Å². The molecule has 1 amide bonds. The number of carbonyl (C=O) groups is 3. The molecular weight excluding hydrogens is 238 g/mol. The average molecular weight is 255 g/mol. The first-order valence-electron chi connectivity index (χ1n) is 6.04. The number of aliphatic carboxylic acids is 2. The Labute approximate surface area is 105 Å². The van der Waals surface area contributed by atoms with Crippen LogP contribution in [0, 0.1) is 17.3 Å². The van der Waals surface area contributed by atoms with Crippen LogP contribution in [-0.4, -0.2) is 45.5 Å². The minimum Gasteiger partial charge on any atom is -0.481 e. The molecule has 0 unspecified atom stereocenters. The van der Waals surface area contributed by atoms with Gasteiger partial charge in [-0.25, -0.2) is 4.79 Å². The zero-order valence-corrected chi connectivity index (χ0v) is 10.4. The molecule has 100 valence electrons. The van der Waals surface area contributed by atoms with Gasteiger partial charge in [0.2, 0.25) is 5.91 Å². The lowest BCUT2D eigenvalue weighted by Crippen LogP contribution is -2.42. The van der Waals surface area contributed by atoms with Gasteiger partial charge in [-0.05, 0) is 18.3 Å². The van der Waals surface area contributed by atoms with Crippen molar-refractivity contribution in [3.63, 3.8) is 0 Å². The van der Waals surface area contributed by atoms with Gasteiger partial charge in [0.15, 0.2) is 0 Å². The van der Waals surface area contributed by atoms with Crippen molar-refractivity contribution >= 4 is 17.8 Å². The molecule has 1 aliphatic carbocycles. The number of hydrogen-bond donors (Lipinski definition) is 2. The third-order valence-corrected chi connectivity index (χ3v) is 4.18. The van der Waals surface area contributed by atoms with Crippen molar-refractivity contribution in [1.82, 2.24) is 4.90 Å². The van der Waals surface area contributed by atoms with E-state index < -0.39 is 35.2 Å². The van der Waals surface area contributed by atoms with Crippen LogP contribution in [0.4, 0.5) is 0 Å². The molecule has 18 heavy (non-hydrogen) atoms. The van der Waals surface area contributed by atoms with E-state index in [1.165, 1.54) is 4.90 Å². The van der Waals surface area contributed by atoms with E-state index >= 15 is 0 Å². The zero-order chi connectivity index (χ0) is 13.7. The van der Waals surface area contributed by atoms with Gasteiger partial charge in [0.25, 0.3) is 0 Å². The number of rotatable bonds is 3. The summed E-state index contributed by atoms with van der Waals surface area (Å²) >= 11 is 0. The maximum absolute atomic E-state index is 12.3. The molecule has 6 heteroatoms. The number of likely N-dealkylation sites (tertiary alicyclic amines) is 1. The summed E-state index contributed by atoms with van der Waals surface area (Å²) in [6, 6.07) is -0.789. The summed E-state index contributed by atoms with van der Waals surface area (Å²) in [5, 5.41) is 18.1. The number of carboxylic acids is 2. The Morgan fingerprint density at radius 2 is 1.72 bits per heavy atom. The van der Waals surface area contributed by atoms with Gasteiger partial charge in [-0.3, -0.25) is 9.59 Å². The van der Waals surface area contributed by atoms with E-state index in [0.29, 0.717) is 19.4 Å². The summed E-state index contributed by atoms with van der Waals surface area (Å²) < 4.78 is 0. The lowest BCUT2D eigenvalue weighted by molar-refractivity contribution is -0.149. The van der Waals surface area contributed by atoms with Crippen molar-refractivity contribution in [3.8, 4) is 0 Å². The Bertz CT molecular complexity index is 397. The van der Waals surface area contributed by atoms with E-state index in [2.05, 4.69) is 0 Å². The van der Waals surface area contributed by atoms with Crippen LogP contribution in [0.1, 0.15) is 26.7 Å². The van der Waals surface area contributed by atoms with Gasteiger partial charge in [0, 0.05) is 6.54 Å². The third-order valence-electron chi connectivity index (χ3n) is 4.18. The highest BCUT2D eigenvalue weighted by Gasteiger charge is 2.67. The summed E-state index contributed by atoms with van der Waals surface area (Å²) in [6.07, 6.45) is 1.11. The van der Waals surface area contributed by atoms with Crippen LogP contribution in [0.2, 0.25) is 0 Å². The van der Waals surface area contributed by atoms with E-state index in [1.54, 1.807) is 13.8 Å². The molecule has 0 aromatic rings. The molecule has 6 nitrogen and oxygen atoms in total. The molecule has 3 atom stereocenters.